The number of hydrogen-bond acceptors (Lipinski definition) is 1. The van der Waals surface area contributed by atoms with Gasteiger partial charge in [-0.05, 0) is 12.8 Å². The van der Waals surface area contributed by atoms with Crippen molar-refractivity contribution in [3.63, 3.8) is 0 Å². The zero-order chi connectivity index (χ0) is 20.7. The van der Waals surface area contributed by atoms with Crippen LogP contribution in [0, 0.1) is 5.92 Å². The van der Waals surface area contributed by atoms with E-state index in [-0.39, 0.29) is 6.23 Å². The fourth-order valence-electron chi connectivity index (χ4n) is 4.32. The molecule has 1 atom stereocenters. The van der Waals surface area contributed by atoms with E-state index in [0.717, 1.165) is 0 Å². The summed E-state index contributed by atoms with van der Waals surface area (Å²) in [5, 5.41) is 9.99. The molecule has 0 amide bonds. The van der Waals surface area contributed by atoms with Gasteiger partial charge in [-0.3, -0.25) is 0 Å². The highest BCUT2D eigenvalue weighted by Gasteiger charge is 2.17. The molecule has 0 rings (SSSR count). The topological polar surface area (TPSA) is 47.9 Å². The van der Waals surface area contributed by atoms with Crippen molar-refractivity contribution in [2.45, 2.75) is 161 Å². The Morgan fingerprint density at radius 3 is 0.964 bits per heavy atom. The van der Waals surface area contributed by atoms with Crippen molar-refractivity contribution in [3.8, 4) is 0 Å². The third-order valence-electron chi connectivity index (χ3n) is 6.40. The minimum atomic E-state index is -0.364. The molecule has 0 bridgehead atoms. The predicted molar refractivity (Wildman–Crippen MR) is 125 cm³/mol. The SMILES string of the molecule is CCCCCCCCCCCCC(CCCCCCCCCCCC)C([NH3+])O. The minimum absolute atomic E-state index is 0.364. The van der Waals surface area contributed by atoms with Crippen molar-refractivity contribution in [1.29, 1.82) is 0 Å². The zero-order valence-corrected chi connectivity index (χ0v) is 19.9. The van der Waals surface area contributed by atoms with Crippen LogP contribution in [-0.4, -0.2) is 11.3 Å². The Morgan fingerprint density at radius 2 is 0.714 bits per heavy atom. The van der Waals surface area contributed by atoms with Crippen LogP contribution in [0.15, 0.2) is 0 Å². The van der Waals surface area contributed by atoms with Gasteiger partial charge in [0.05, 0.1) is 0 Å². The Hall–Kier alpha value is -0.0800. The number of aliphatic hydroxyl groups excluding tert-OH is 1. The lowest BCUT2D eigenvalue weighted by atomic mass is 9.93. The van der Waals surface area contributed by atoms with E-state index in [0.29, 0.717) is 5.92 Å². The van der Waals surface area contributed by atoms with Gasteiger partial charge in [0.25, 0.3) is 0 Å². The third kappa shape index (κ3) is 20.6. The summed E-state index contributed by atoms with van der Waals surface area (Å²) >= 11 is 0. The first-order chi connectivity index (χ1) is 13.7. The van der Waals surface area contributed by atoms with Gasteiger partial charge in [-0.15, -0.1) is 0 Å². The summed E-state index contributed by atoms with van der Waals surface area (Å²) in [6, 6.07) is 0. The molecule has 0 aliphatic rings. The average Bonchev–Trinajstić information content (AvgIpc) is 2.68. The summed E-state index contributed by atoms with van der Waals surface area (Å²) in [4.78, 5) is 0. The summed E-state index contributed by atoms with van der Waals surface area (Å²) in [5.74, 6) is 0.433. The molecule has 0 aromatic rings. The van der Waals surface area contributed by atoms with Crippen molar-refractivity contribution in [1.82, 2.24) is 0 Å². The number of unbranched alkanes of at least 4 members (excludes halogenated alkanes) is 18. The Bertz CT molecular complexity index is 256. The third-order valence-corrected chi connectivity index (χ3v) is 6.40. The number of rotatable bonds is 23. The molecule has 0 aromatic heterocycles. The van der Waals surface area contributed by atoms with Gasteiger partial charge in [-0.25, -0.2) is 0 Å². The summed E-state index contributed by atoms with van der Waals surface area (Å²) < 4.78 is 0. The van der Waals surface area contributed by atoms with Gasteiger partial charge in [-0.2, -0.15) is 0 Å². The lowest BCUT2D eigenvalue weighted by molar-refractivity contribution is -0.497. The van der Waals surface area contributed by atoms with E-state index in [9.17, 15) is 5.11 Å². The molecule has 28 heavy (non-hydrogen) atoms. The minimum Gasteiger partial charge on any atom is -0.345 e. The molecule has 0 aliphatic carbocycles. The monoisotopic (exact) mass is 398 g/mol. The summed E-state index contributed by atoms with van der Waals surface area (Å²) in [6.07, 6.45) is 29.8. The van der Waals surface area contributed by atoms with E-state index in [1.807, 2.05) is 0 Å². The molecule has 2 nitrogen and oxygen atoms in total. The van der Waals surface area contributed by atoms with Crippen LogP contribution in [0.4, 0.5) is 0 Å². The highest BCUT2D eigenvalue weighted by molar-refractivity contribution is 4.62. The summed E-state index contributed by atoms with van der Waals surface area (Å²) in [6.45, 7) is 4.57. The first-order valence-corrected chi connectivity index (χ1v) is 13.2. The van der Waals surface area contributed by atoms with Crippen LogP contribution in [0.1, 0.15) is 155 Å². The van der Waals surface area contributed by atoms with Gasteiger partial charge in [0.15, 0.2) is 6.23 Å². The molecule has 0 saturated carbocycles. The smallest absolute Gasteiger partial charge is 0.188 e. The van der Waals surface area contributed by atoms with Crippen LogP contribution in [0.2, 0.25) is 0 Å². The molecule has 1 unspecified atom stereocenters. The predicted octanol–water partition coefficient (Wildman–Crippen LogP) is 7.78. The van der Waals surface area contributed by atoms with Crippen molar-refractivity contribution in [3.05, 3.63) is 0 Å². The van der Waals surface area contributed by atoms with E-state index in [2.05, 4.69) is 19.6 Å². The fourth-order valence-corrected chi connectivity index (χ4v) is 4.32. The summed E-state index contributed by atoms with van der Waals surface area (Å²) in [5.41, 5.74) is 3.92. The van der Waals surface area contributed by atoms with Gasteiger partial charge in [0, 0.05) is 5.92 Å². The lowest BCUT2D eigenvalue weighted by Crippen LogP contribution is -2.64. The van der Waals surface area contributed by atoms with Crippen LogP contribution in [-0.2, 0) is 0 Å². The van der Waals surface area contributed by atoms with Gasteiger partial charge < -0.3 is 10.8 Å². The Morgan fingerprint density at radius 1 is 0.464 bits per heavy atom. The van der Waals surface area contributed by atoms with Crippen LogP contribution in [0.5, 0.6) is 0 Å². The second kappa shape index (κ2) is 23.2. The maximum absolute atomic E-state index is 9.99. The van der Waals surface area contributed by atoms with Crippen LogP contribution >= 0.6 is 0 Å². The van der Waals surface area contributed by atoms with Crippen LogP contribution in [0.3, 0.4) is 0 Å². The molecule has 0 aliphatic heterocycles. The molecule has 170 valence electrons. The molecule has 0 radical (unpaired) electrons. The van der Waals surface area contributed by atoms with Gasteiger partial charge in [0.1, 0.15) is 0 Å². The Balaban J connectivity index is 3.44. The first kappa shape index (κ1) is 27.9. The van der Waals surface area contributed by atoms with Crippen molar-refractivity contribution < 1.29 is 10.8 Å². The second-order valence-corrected chi connectivity index (χ2v) is 9.27. The fraction of sp³-hybridized carbons (Fsp3) is 1.00. The van der Waals surface area contributed by atoms with E-state index < -0.39 is 0 Å². The molecular weight excluding hydrogens is 342 g/mol. The maximum atomic E-state index is 9.99. The molecule has 4 N–H and O–H groups in total. The molecule has 0 fully saturated rings. The molecule has 2 heteroatoms. The lowest BCUT2D eigenvalue weighted by Gasteiger charge is -2.17. The number of aliphatic hydroxyl groups is 1. The van der Waals surface area contributed by atoms with E-state index in [1.54, 1.807) is 0 Å². The largest absolute Gasteiger partial charge is 0.345 e. The molecular formula is C26H56NO+. The van der Waals surface area contributed by atoms with Crippen molar-refractivity contribution in [2.24, 2.45) is 5.92 Å². The Labute approximate surface area is 178 Å². The molecule has 0 spiro atoms. The van der Waals surface area contributed by atoms with Crippen LogP contribution < -0.4 is 5.73 Å². The standard InChI is InChI=1S/C26H55NO/c1-3-5-7-9-11-13-15-17-19-21-23-25(26(27)28)24-22-20-18-16-14-12-10-8-6-4-2/h25-26,28H,3-24,27H2,1-2H3/p+1. The second-order valence-electron chi connectivity index (χ2n) is 9.27. The zero-order valence-electron chi connectivity index (χ0n) is 19.9. The summed E-state index contributed by atoms with van der Waals surface area (Å²) in [7, 11) is 0. The number of quaternary nitrogens is 1. The molecule has 0 heterocycles. The van der Waals surface area contributed by atoms with Gasteiger partial charge >= 0.3 is 0 Å². The van der Waals surface area contributed by atoms with E-state index in [4.69, 9.17) is 0 Å². The van der Waals surface area contributed by atoms with Gasteiger partial charge in [-0.1, -0.05) is 142 Å². The van der Waals surface area contributed by atoms with Crippen LogP contribution in [0.25, 0.3) is 0 Å². The first-order valence-electron chi connectivity index (χ1n) is 13.2. The molecule has 0 saturated heterocycles. The van der Waals surface area contributed by atoms with Crippen molar-refractivity contribution in [2.75, 3.05) is 0 Å². The number of hydrogen-bond donors (Lipinski definition) is 2. The maximum Gasteiger partial charge on any atom is 0.188 e. The Kier molecular flexibility index (Phi) is 23.1. The van der Waals surface area contributed by atoms with Crippen molar-refractivity contribution >= 4 is 0 Å². The highest BCUT2D eigenvalue weighted by atomic mass is 16.3. The quantitative estimate of drug-likeness (QED) is 0.134. The average molecular weight is 399 g/mol. The molecule has 0 aromatic carbocycles. The normalized spacial score (nSPS) is 12.8. The van der Waals surface area contributed by atoms with E-state index >= 15 is 0 Å². The van der Waals surface area contributed by atoms with E-state index in [1.165, 1.54) is 141 Å². The highest BCUT2D eigenvalue weighted by Crippen LogP contribution is 2.20. The van der Waals surface area contributed by atoms with Gasteiger partial charge in [0.2, 0.25) is 0 Å².